The van der Waals surface area contributed by atoms with E-state index in [1.165, 1.54) is 6.07 Å². The van der Waals surface area contributed by atoms with E-state index in [9.17, 15) is 9.18 Å². The van der Waals surface area contributed by atoms with Crippen LogP contribution in [0.5, 0.6) is 0 Å². The van der Waals surface area contributed by atoms with Gasteiger partial charge in [-0.2, -0.15) is 0 Å². The van der Waals surface area contributed by atoms with Crippen molar-refractivity contribution in [2.45, 2.75) is 13.3 Å². The summed E-state index contributed by atoms with van der Waals surface area (Å²) < 4.78 is 13.6. The first kappa shape index (κ1) is 11.4. The molecule has 5 heteroatoms. The van der Waals surface area contributed by atoms with Crippen LogP contribution in [0.3, 0.4) is 0 Å². The number of halogens is 2. The van der Waals surface area contributed by atoms with E-state index in [0.717, 1.165) is 17.7 Å². The molecule has 3 nitrogen and oxygen atoms in total. The first-order valence-corrected chi connectivity index (χ1v) is 5.90. The van der Waals surface area contributed by atoms with Gasteiger partial charge in [0.1, 0.15) is 5.82 Å². The maximum absolute atomic E-state index is 13.3. The van der Waals surface area contributed by atoms with Gasteiger partial charge in [-0.25, -0.2) is 9.18 Å². The maximum Gasteiger partial charge on any atom is 0.321 e. The summed E-state index contributed by atoms with van der Waals surface area (Å²) in [6, 6.07) is 2.96. The van der Waals surface area contributed by atoms with Crippen LogP contribution in [0, 0.1) is 12.7 Å². The molecule has 1 aromatic carbocycles. The second kappa shape index (κ2) is 4.41. The molecular weight excluding hydrogens is 275 g/mol. The zero-order valence-corrected chi connectivity index (χ0v) is 10.5. The van der Waals surface area contributed by atoms with E-state index in [1.807, 2.05) is 0 Å². The number of hydrogen-bond donors (Lipinski definition) is 1. The number of rotatable bonds is 1. The first-order valence-electron chi connectivity index (χ1n) is 5.10. The number of hydrogen-bond acceptors (Lipinski definition) is 1. The Morgan fingerprint density at radius 3 is 2.94 bits per heavy atom. The van der Waals surface area contributed by atoms with Gasteiger partial charge >= 0.3 is 6.03 Å². The largest absolute Gasteiger partial charge is 0.338 e. The molecule has 2 amide bonds. The summed E-state index contributed by atoms with van der Waals surface area (Å²) in [4.78, 5) is 13.3. The summed E-state index contributed by atoms with van der Waals surface area (Å²) in [5, 5.41) is 2.77. The number of aryl methyl sites for hydroxylation is 1. The van der Waals surface area contributed by atoms with Gasteiger partial charge < -0.3 is 5.32 Å². The number of carbonyl (C=O) groups excluding carboxylic acids is 1. The molecule has 0 bridgehead atoms. The smallest absolute Gasteiger partial charge is 0.321 e. The number of benzene rings is 1. The van der Waals surface area contributed by atoms with Crippen molar-refractivity contribution in [3.05, 3.63) is 28.0 Å². The van der Waals surface area contributed by atoms with Crippen LogP contribution in [0.25, 0.3) is 0 Å². The lowest BCUT2D eigenvalue weighted by molar-refractivity contribution is 0.243. The fourth-order valence-electron chi connectivity index (χ4n) is 1.79. The molecule has 0 saturated carbocycles. The summed E-state index contributed by atoms with van der Waals surface area (Å²) >= 11 is 3.13. The Balaban J connectivity index is 2.39. The molecule has 86 valence electrons. The molecule has 1 aliphatic rings. The highest BCUT2D eigenvalue weighted by Crippen LogP contribution is 2.28. The topological polar surface area (TPSA) is 32.3 Å². The third-order valence-electron chi connectivity index (χ3n) is 2.61. The molecule has 0 aliphatic carbocycles. The van der Waals surface area contributed by atoms with Gasteiger partial charge in [-0.05, 0) is 47.0 Å². The predicted octanol–water partition coefficient (Wildman–Crippen LogP) is 2.82. The van der Waals surface area contributed by atoms with Crippen LogP contribution in [0.1, 0.15) is 12.0 Å². The quantitative estimate of drug-likeness (QED) is 0.846. The van der Waals surface area contributed by atoms with Crippen LogP contribution in [0.4, 0.5) is 14.9 Å². The molecule has 1 saturated heterocycles. The van der Waals surface area contributed by atoms with Gasteiger partial charge in [0, 0.05) is 18.8 Å². The van der Waals surface area contributed by atoms with E-state index in [-0.39, 0.29) is 11.8 Å². The van der Waals surface area contributed by atoms with Crippen LogP contribution in [0.15, 0.2) is 16.6 Å². The third-order valence-corrected chi connectivity index (χ3v) is 3.22. The van der Waals surface area contributed by atoms with Gasteiger partial charge in [0.15, 0.2) is 0 Å². The van der Waals surface area contributed by atoms with Gasteiger partial charge in [0.05, 0.1) is 4.47 Å². The van der Waals surface area contributed by atoms with Crippen molar-refractivity contribution in [1.82, 2.24) is 5.32 Å². The summed E-state index contributed by atoms with van der Waals surface area (Å²) in [5.41, 5.74) is 1.52. The van der Waals surface area contributed by atoms with Gasteiger partial charge in [-0.15, -0.1) is 0 Å². The monoisotopic (exact) mass is 286 g/mol. The molecule has 1 fully saturated rings. The zero-order chi connectivity index (χ0) is 11.7. The third kappa shape index (κ3) is 2.04. The van der Waals surface area contributed by atoms with Gasteiger partial charge in [0.25, 0.3) is 0 Å². The Morgan fingerprint density at radius 1 is 1.50 bits per heavy atom. The molecule has 0 spiro atoms. The number of urea groups is 1. The molecule has 0 atom stereocenters. The highest BCUT2D eigenvalue weighted by Gasteiger charge is 2.21. The van der Waals surface area contributed by atoms with Gasteiger partial charge in [0.2, 0.25) is 0 Å². The molecule has 0 aromatic heterocycles. The number of nitrogens with one attached hydrogen (secondary N) is 1. The van der Waals surface area contributed by atoms with E-state index >= 15 is 0 Å². The predicted molar refractivity (Wildman–Crippen MR) is 64.2 cm³/mol. The molecule has 16 heavy (non-hydrogen) atoms. The molecular formula is C11H12BrFN2O. The summed E-state index contributed by atoms with van der Waals surface area (Å²) in [6.07, 6.45) is 0.903. The second-order valence-corrected chi connectivity index (χ2v) is 4.64. The van der Waals surface area contributed by atoms with Crippen LogP contribution in [-0.4, -0.2) is 19.1 Å². The molecule has 1 aromatic rings. The van der Waals surface area contributed by atoms with Crippen molar-refractivity contribution in [3.63, 3.8) is 0 Å². The molecule has 0 unspecified atom stereocenters. The Bertz CT molecular complexity index is 436. The summed E-state index contributed by atoms with van der Waals surface area (Å²) in [7, 11) is 0. The minimum Gasteiger partial charge on any atom is -0.338 e. The minimum absolute atomic E-state index is 0.118. The van der Waals surface area contributed by atoms with E-state index in [1.54, 1.807) is 17.9 Å². The van der Waals surface area contributed by atoms with Gasteiger partial charge in [-0.1, -0.05) is 0 Å². The summed E-state index contributed by atoms with van der Waals surface area (Å²) in [5.74, 6) is -0.307. The fraction of sp³-hybridized carbons (Fsp3) is 0.364. The molecule has 0 radical (unpaired) electrons. The van der Waals surface area contributed by atoms with Crippen molar-refractivity contribution in [3.8, 4) is 0 Å². The first-order chi connectivity index (χ1) is 7.59. The lowest BCUT2D eigenvalue weighted by Crippen LogP contribution is -2.46. The van der Waals surface area contributed by atoms with E-state index in [0.29, 0.717) is 17.6 Å². The average Bonchev–Trinajstić information content (AvgIpc) is 2.25. The highest BCUT2D eigenvalue weighted by atomic mass is 79.9. The van der Waals surface area contributed by atoms with E-state index in [2.05, 4.69) is 21.2 Å². The van der Waals surface area contributed by atoms with Crippen molar-refractivity contribution in [1.29, 1.82) is 0 Å². The van der Waals surface area contributed by atoms with Crippen molar-refractivity contribution in [2.75, 3.05) is 18.0 Å². The second-order valence-electron chi connectivity index (χ2n) is 3.79. The normalized spacial score (nSPS) is 16.2. The Morgan fingerprint density at radius 2 is 2.25 bits per heavy atom. The zero-order valence-electron chi connectivity index (χ0n) is 8.89. The summed E-state index contributed by atoms with van der Waals surface area (Å²) in [6.45, 7) is 3.17. The molecule has 1 aliphatic heterocycles. The van der Waals surface area contributed by atoms with Crippen LogP contribution in [-0.2, 0) is 0 Å². The highest BCUT2D eigenvalue weighted by molar-refractivity contribution is 9.10. The lowest BCUT2D eigenvalue weighted by Gasteiger charge is -2.28. The standard InChI is InChI=1S/C11H12BrFN2O/c1-7-5-9(13)8(12)6-10(7)15-4-2-3-14-11(15)16/h5-6H,2-4H2,1H3,(H,14,16). The van der Waals surface area contributed by atoms with E-state index in [4.69, 9.17) is 0 Å². The minimum atomic E-state index is -0.307. The fourth-order valence-corrected chi connectivity index (χ4v) is 2.12. The van der Waals surface area contributed by atoms with Crippen LogP contribution >= 0.6 is 15.9 Å². The number of carbonyl (C=O) groups is 1. The van der Waals surface area contributed by atoms with E-state index < -0.39 is 0 Å². The Labute approximate surface area is 102 Å². The number of anilines is 1. The van der Waals surface area contributed by atoms with Crippen molar-refractivity contribution < 1.29 is 9.18 Å². The van der Waals surface area contributed by atoms with Crippen LogP contribution < -0.4 is 10.2 Å². The number of nitrogens with zero attached hydrogens (tertiary/aromatic N) is 1. The van der Waals surface area contributed by atoms with Crippen molar-refractivity contribution >= 4 is 27.6 Å². The Kier molecular flexibility index (Phi) is 3.14. The molecule has 2 rings (SSSR count). The lowest BCUT2D eigenvalue weighted by atomic mass is 10.1. The van der Waals surface area contributed by atoms with Crippen LogP contribution in [0.2, 0.25) is 0 Å². The number of amides is 2. The average molecular weight is 287 g/mol. The van der Waals surface area contributed by atoms with Gasteiger partial charge in [-0.3, -0.25) is 4.90 Å². The SMILES string of the molecule is Cc1cc(F)c(Br)cc1N1CCCNC1=O. The molecule has 1 N–H and O–H groups in total. The molecule has 1 heterocycles. The maximum atomic E-state index is 13.3. The van der Waals surface area contributed by atoms with Crippen molar-refractivity contribution in [2.24, 2.45) is 0 Å². The Hall–Kier alpha value is -1.10.